The van der Waals surface area contributed by atoms with E-state index >= 15 is 0 Å². The van der Waals surface area contributed by atoms with Crippen LogP contribution in [0.3, 0.4) is 0 Å². The van der Waals surface area contributed by atoms with E-state index in [1.807, 2.05) is 0 Å². The number of hydrogen-bond donors (Lipinski definition) is 1. The summed E-state index contributed by atoms with van der Waals surface area (Å²) in [6.07, 6.45) is 2.65. The highest BCUT2D eigenvalue weighted by Gasteiger charge is 2.22. The van der Waals surface area contributed by atoms with Crippen LogP contribution in [0.25, 0.3) is 0 Å². The van der Waals surface area contributed by atoms with Crippen molar-refractivity contribution in [2.45, 2.75) is 25.4 Å². The van der Waals surface area contributed by atoms with E-state index < -0.39 is 10.0 Å². The van der Waals surface area contributed by atoms with Gasteiger partial charge in [0.15, 0.2) is 0 Å². The topological polar surface area (TPSA) is 64.6 Å². The number of ether oxygens (including phenoxy) is 2. The number of sulfonamides is 1. The van der Waals surface area contributed by atoms with E-state index in [0.717, 1.165) is 19.3 Å². The molecular formula is C13H19NO4S. The quantitative estimate of drug-likeness (QED) is 0.898. The highest BCUT2D eigenvalue weighted by Crippen LogP contribution is 2.19. The van der Waals surface area contributed by atoms with Gasteiger partial charge in [0.1, 0.15) is 5.75 Å². The molecule has 0 radical (unpaired) electrons. The van der Waals surface area contributed by atoms with E-state index in [-0.39, 0.29) is 11.9 Å². The van der Waals surface area contributed by atoms with Crippen molar-refractivity contribution >= 4 is 15.7 Å². The Balaban J connectivity index is 1.99. The fourth-order valence-corrected chi connectivity index (χ4v) is 3.41. The van der Waals surface area contributed by atoms with Crippen molar-refractivity contribution in [3.05, 3.63) is 24.3 Å². The fraction of sp³-hybridized carbons (Fsp3) is 0.538. The normalized spacial score (nSPS) is 19.9. The Labute approximate surface area is 114 Å². The zero-order valence-corrected chi connectivity index (χ0v) is 11.8. The van der Waals surface area contributed by atoms with Gasteiger partial charge in [0.2, 0.25) is 10.0 Å². The molecule has 1 fully saturated rings. The van der Waals surface area contributed by atoms with Gasteiger partial charge in [-0.2, -0.15) is 0 Å². The lowest BCUT2D eigenvalue weighted by Gasteiger charge is -2.22. The molecule has 1 aromatic rings. The Morgan fingerprint density at radius 1 is 1.42 bits per heavy atom. The summed E-state index contributed by atoms with van der Waals surface area (Å²) in [6.45, 7) is 0.652. The summed E-state index contributed by atoms with van der Waals surface area (Å²) in [4.78, 5) is 0. The SMILES string of the molecule is COc1cccc(NS(=O)(=O)CC2CCCCO2)c1. The van der Waals surface area contributed by atoms with Gasteiger partial charge in [-0.1, -0.05) is 6.07 Å². The first-order valence-corrected chi connectivity index (χ1v) is 8.00. The summed E-state index contributed by atoms with van der Waals surface area (Å²) in [5.41, 5.74) is 0.509. The predicted molar refractivity (Wildman–Crippen MR) is 74.0 cm³/mol. The number of anilines is 1. The van der Waals surface area contributed by atoms with Crippen LogP contribution in [0, 0.1) is 0 Å². The highest BCUT2D eigenvalue weighted by molar-refractivity contribution is 7.92. The second kappa shape index (κ2) is 6.25. The number of hydrogen-bond acceptors (Lipinski definition) is 4. The summed E-state index contributed by atoms with van der Waals surface area (Å²) >= 11 is 0. The van der Waals surface area contributed by atoms with E-state index in [4.69, 9.17) is 9.47 Å². The van der Waals surface area contributed by atoms with Gasteiger partial charge in [-0.15, -0.1) is 0 Å². The zero-order valence-electron chi connectivity index (χ0n) is 11.0. The minimum atomic E-state index is -3.39. The van der Waals surface area contributed by atoms with Crippen molar-refractivity contribution in [3.8, 4) is 5.75 Å². The van der Waals surface area contributed by atoms with Crippen LogP contribution in [0.4, 0.5) is 5.69 Å². The molecule has 1 aliphatic heterocycles. The molecule has 1 saturated heterocycles. The summed E-state index contributed by atoms with van der Waals surface area (Å²) < 4.78 is 37.1. The molecule has 1 aliphatic rings. The third-order valence-corrected chi connectivity index (χ3v) is 4.38. The molecule has 2 rings (SSSR count). The average molecular weight is 285 g/mol. The maximum absolute atomic E-state index is 12.0. The van der Waals surface area contributed by atoms with Crippen LogP contribution in [-0.2, 0) is 14.8 Å². The largest absolute Gasteiger partial charge is 0.497 e. The first kappa shape index (κ1) is 14.1. The lowest BCUT2D eigenvalue weighted by molar-refractivity contribution is 0.0306. The van der Waals surface area contributed by atoms with Crippen molar-refractivity contribution in [2.75, 3.05) is 24.2 Å². The summed E-state index contributed by atoms with van der Waals surface area (Å²) in [7, 11) is -1.84. The molecule has 0 saturated carbocycles. The molecule has 0 spiro atoms. The van der Waals surface area contributed by atoms with Crippen LogP contribution in [-0.4, -0.2) is 34.0 Å². The van der Waals surface area contributed by atoms with Crippen LogP contribution in [0.5, 0.6) is 5.75 Å². The van der Waals surface area contributed by atoms with Gasteiger partial charge in [-0.25, -0.2) is 8.42 Å². The summed E-state index contributed by atoms with van der Waals surface area (Å²) in [6, 6.07) is 6.86. The number of rotatable bonds is 5. The van der Waals surface area contributed by atoms with Crippen molar-refractivity contribution in [2.24, 2.45) is 0 Å². The smallest absolute Gasteiger partial charge is 0.235 e. The molecule has 6 heteroatoms. The van der Waals surface area contributed by atoms with Crippen molar-refractivity contribution in [3.63, 3.8) is 0 Å². The Morgan fingerprint density at radius 3 is 2.95 bits per heavy atom. The third kappa shape index (κ3) is 4.40. The summed E-state index contributed by atoms with van der Waals surface area (Å²) in [5, 5.41) is 0. The van der Waals surface area contributed by atoms with Gasteiger partial charge >= 0.3 is 0 Å². The molecule has 19 heavy (non-hydrogen) atoms. The van der Waals surface area contributed by atoms with Crippen molar-refractivity contribution in [1.29, 1.82) is 0 Å². The Hall–Kier alpha value is -1.27. The monoisotopic (exact) mass is 285 g/mol. The lowest BCUT2D eigenvalue weighted by Crippen LogP contribution is -2.30. The van der Waals surface area contributed by atoms with E-state index in [0.29, 0.717) is 18.0 Å². The first-order valence-electron chi connectivity index (χ1n) is 6.35. The highest BCUT2D eigenvalue weighted by atomic mass is 32.2. The Morgan fingerprint density at radius 2 is 2.26 bits per heavy atom. The van der Waals surface area contributed by atoms with E-state index in [2.05, 4.69) is 4.72 Å². The molecule has 1 heterocycles. The van der Waals surface area contributed by atoms with Gasteiger partial charge in [-0.3, -0.25) is 4.72 Å². The molecule has 0 aliphatic carbocycles. The van der Waals surface area contributed by atoms with Gasteiger partial charge in [0, 0.05) is 12.7 Å². The van der Waals surface area contributed by atoms with Gasteiger partial charge in [-0.05, 0) is 31.4 Å². The minimum Gasteiger partial charge on any atom is -0.497 e. The van der Waals surface area contributed by atoms with Gasteiger partial charge < -0.3 is 9.47 Å². The van der Waals surface area contributed by atoms with Crippen LogP contribution >= 0.6 is 0 Å². The maximum Gasteiger partial charge on any atom is 0.235 e. The zero-order chi connectivity index (χ0) is 13.7. The van der Waals surface area contributed by atoms with Crippen LogP contribution in [0.15, 0.2) is 24.3 Å². The second-order valence-electron chi connectivity index (χ2n) is 4.60. The number of benzene rings is 1. The van der Waals surface area contributed by atoms with E-state index in [1.54, 1.807) is 31.4 Å². The van der Waals surface area contributed by atoms with Crippen LogP contribution < -0.4 is 9.46 Å². The number of methoxy groups -OCH3 is 1. The molecule has 106 valence electrons. The van der Waals surface area contributed by atoms with Gasteiger partial charge in [0.25, 0.3) is 0 Å². The van der Waals surface area contributed by atoms with E-state index in [9.17, 15) is 8.42 Å². The average Bonchev–Trinajstić information content (AvgIpc) is 2.39. The predicted octanol–water partition coefficient (Wildman–Crippen LogP) is 2.01. The molecule has 1 aromatic carbocycles. The standard InChI is InChI=1S/C13H19NO4S/c1-17-12-7-4-5-11(9-12)14-19(15,16)10-13-6-2-3-8-18-13/h4-5,7,9,13-14H,2-3,6,8,10H2,1H3. The number of nitrogens with one attached hydrogen (secondary N) is 1. The lowest BCUT2D eigenvalue weighted by atomic mass is 10.1. The Bertz CT molecular complexity index is 509. The molecule has 0 amide bonds. The van der Waals surface area contributed by atoms with Crippen LogP contribution in [0.1, 0.15) is 19.3 Å². The third-order valence-electron chi connectivity index (χ3n) is 3.02. The second-order valence-corrected chi connectivity index (χ2v) is 6.37. The molecule has 5 nitrogen and oxygen atoms in total. The van der Waals surface area contributed by atoms with Crippen LogP contribution in [0.2, 0.25) is 0 Å². The fourth-order valence-electron chi connectivity index (χ4n) is 2.09. The molecular weight excluding hydrogens is 266 g/mol. The molecule has 1 atom stereocenters. The molecule has 1 unspecified atom stereocenters. The van der Waals surface area contributed by atoms with Gasteiger partial charge in [0.05, 0.1) is 24.7 Å². The van der Waals surface area contributed by atoms with Crippen molar-refractivity contribution in [1.82, 2.24) is 0 Å². The van der Waals surface area contributed by atoms with Crippen molar-refractivity contribution < 1.29 is 17.9 Å². The first-order chi connectivity index (χ1) is 9.09. The minimum absolute atomic E-state index is 0.00418. The molecule has 0 bridgehead atoms. The molecule has 1 N–H and O–H groups in total. The summed E-state index contributed by atoms with van der Waals surface area (Å²) in [5.74, 6) is 0.624. The molecule has 0 aromatic heterocycles. The van der Waals surface area contributed by atoms with E-state index in [1.165, 1.54) is 0 Å². The Kier molecular flexibility index (Phi) is 4.66. The maximum atomic E-state index is 12.0.